The SMILES string of the molecule is CCS(=O)(=O)c1ccccc1NC(C)C1CC1. The van der Waals surface area contributed by atoms with E-state index >= 15 is 0 Å². The summed E-state index contributed by atoms with van der Waals surface area (Å²) >= 11 is 0. The van der Waals surface area contributed by atoms with Crippen LogP contribution in [0.1, 0.15) is 26.7 Å². The third-order valence-corrected chi connectivity index (χ3v) is 5.10. The van der Waals surface area contributed by atoms with E-state index in [9.17, 15) is 8.42 Å². The van der Waals surface area contributed by atoms with Crippen LogP contribution in [0.5, 0.6) is 0 Å². The van der Waals surface area contributed by atoms with Gasteiger partial charge in [0.05, 0.1) is 16.3 Å². The molecule has 1 aromatic carbocycles. The summed E-state index contributed by atoms with van der Waals surface area (Å²) in [5, 5.41) is 3.33. The molecule has 17 heavy (non-hydrogen) atoms. The van der Waals surface area contributed by atoms with Crippen molar-refractivity contribution in [2.24, 2.45) is 5.92 Å². The predicted molar refractivity (Wildman–Crippen MR) is 70.0 cm³/mol. The molecule has 2 rings (SSSR count). The lowest BCUT2D eigenvalue weighted by atomic mass is 10.2. The number of hydrogen-bond donors (Lipinski definition) is 1. The Labute approximate surface area is 103 Å². The zero-order chi connectivity index (χ0) is 12.5. The highest BCUT2D eigenvalue weighted by atomic mass is 32.2. The highest BCUT2D eigenvalue weighted by molar-refractivity contribution is 7.91. The molecule has 3 nitrogen and oxygen atoms in total. The van der Waals surface area contributed by atoms with Gasteiger partial charge in [-0.3, -0.25) is 0 Å². The second-order valence-electron chi connectivity index (χ2n) is 4.67. The fraction of sp³-hybridized carbons (Fsp3) is 0.538. The van der Waals surface area contributed by atoms with E-state index in [0.29, 0.717) is 16.9 Å². The topological polar surface area (TPSA) is 46.2 Å². The minimum atomic E-state index is -3.14. The number of hydrogen-bond acceptors (Lipinski definition) is 3. The van der Waals surface area contributed by atoms with Crippen molar-refractivity contribution in [3.8, 4) is 0 Å². The molecule has 0 spiro atoms. The summed E-state index contributed by atoms with van der Waals surface area (Å²) in [4.78, 5) is 0.426. The van der Waals surface area contributed by atoms with Crippen molar-refractivity contribution in [1.29, 1.82) is 0 Å². The number of rotatable bonds is 5. The molecule has 1 atom stereocenters. The molecule has 1 N–H and O–H groups in total. The summed E-state index contributed by atoms with van der Waals surface area (Å²) in [6, 6.07) is 7.53. The van der Waals surface area contributed by atoms with Gasteiger partial charge in [-0.1, -0.05) is 19.1 Å². The quantitative estimate of drug-likeness (QED) is 0.877. The molecule has 1 unspecified atom stereocenters. The van der Waals surface area contributed by atoms with Gasteiger partial charge in [0.25, 0.3) is 0 Å². The fourth-order valence-corrected chi connectivity index (χ4v) is 3.03. The molecule has 1 saturated carbocycles. The predicted octanol–water partition coefficient (Wildman–Crippen LogP) is 2.69. The summed E-state index contributed by atoms with van der Waals surface area (Å²) in [5.74, 6) is 0.844. The third kappa shape index (κ3) is 2.80. The van der Waals surface area contributed by atoms with Crippen LogP contribution >= 0.6 is 0 Å². The molecular formula is C13H19NO2S. The monoisotopic (exact) mass is 253 g/mol. The average molecular weight is 253 g/mol. The van der Waals surface area contributed by atoms with Gasteiger partial charge in [0.15, 0.2) is 9.84 Å². The van der Waals surface area contributed by atoms with Gasteiger partial charge in [0, 0.05) is 6.04 Å². The van der Waals surface area contributed by atoms with E-state index in [-0.39, 0.29) is 5.75 Å². The van der Waals surface area contributed by atoms with Crippen molar-refractivity contribution >= 4 is 15.5 Å². The second-order valence-corrected chi connectivity index (χ2v) is 6.92. The zero-order valence-electron chi connectivity index (χ0n) is 10.3. The molecule has 0 radical (unpaired) electrons. The van der Waals surface area contributed by atoms with Crippen molar-refractivity contribution in [2.75, 3.05) is 11.1 Å². The van der Waals surface area contributed by atoms with Crippen LogP contribution in [-0.2, 0) is 9.84 Å². The normalized spacial score (nSPS) is 17.8. The summed E-state index contributed by atoms with van der Waals surface area (Å²) < 4.78 is 23.9. The first kappa shape index (κ1) is 12.4. The molecule has 0 heterocycles. The van der Waals surface area contributed by atoms with E-state index < -0.39 is 9.84 Å². The van der Waals surface area contributed by atoms with E-state index in [0.717, 1.165) is 5.69 Å². The van der Waals surface area contributed by atoms with Crippen LogP contribution in [0.2, 0.25) is 0 Å². The maximum atomic E-state index is 11.9. The first-order chi connectivity index (χ1) is 8.04. The van der Waals surface area contributed by atoms with Crippen molar-refractivity contribution < 1.29 is 8.42 Å². The average Bonchev–Trinajstić information content (AvgIpc) is 3.13. The molecule has 1 aromatic rings. The lowest BCUT2D eigenvalue weighted by molar-refractivity contribution is 0.597. The molecule has 0 saturated heterocycles. The van der Waals surface area contributed by atoms with Gasteiger partial charge in [0.1, 0.15) is 0 Å². The first-order valence-corrected chi connectivity index (χ1v) is 7.78. The van der Waals surface area contributed by atoms with E-state index in [2.05, 4.69) is 12.2 Å². The van der Waals surface area contributed by atoms with Gasteiger partial charge in [-0.15, -0.1) is 0 Å². The van der Waals surface area contributed by atoms with Gasteiger partial charge >= 0.3 is 0 Å². The number of nitrogens with one attached hydrogen (secondary N) is 1. The molecular weight excluding hydrogens is 234 g/mol. The van der Waals surface area contributed by atoms with E-state index in [1.807, 2.05) is 12.1 Å². The standard InChI is InChI=1S/C13H19NO2S/c1-3-17(15,16)13-7-5-4-6-12(13)14-10(2)11-8-9-11/h4-7,10-11,14H,3,8-9H2,1-2H3. The Morgan fingerprint density at radius 3 is 2.59 bits per heavy atom. The largest absolute Gasteiger partial charge is 0.381 e. The minimum Gasteiger partial charge on any atom is -0.381 e. The lowest BCUT2D eigenvalue weighted by Crippen LogP contribution is -2.19. The number of anilines is 1. The van der Waals surface area contributed by atoms with Crippen LogP contribution in [0.15, 0.2) is 29.2 Å². The molecule has 0 aliphatic heterocycles. The maximum absolute atomic E-state index is 11.9. The van der Waals surface area contributed by atoms with E-state index in [1.54, 1.807) is 19.1 Å². The Kier molecular flexibility index (Phi) is 3.43. The molecule has 0 amide bonds. The van der Waals surface area contributed by atoms with Gasteiger partial charge in [-0.2, -0.15) is 0 Å². The Bertz CT molecular complexity index is 492. The molecule has 4 heteroatoms. The number of benzene rings is 1. The van der Waals surface area contributed by atoms with E-state index in [4.69, 9.17) is 0 Å². The Hall–Kier alpha value is -1.03. The van der Waals surface area contributed by atoms with Gasteiger partial charge in [0.2, 0.25) is 0 Å². The van der Waals surface area contributed by atoms with Crippen molar-refractivity contribution in [1.82, 2.24) is 0 Å². The molecule has 1 aliphatic carbocycles. The summed E-state index contributed by atoms with van der Waals surface area (Å²) in [6.07, 6.45) is 2.49. The third-order valence-electron chi connectivity index (χ3n) is 3.31. The molecule has 94 valence electrons. The summed E-state index contributed by atoms with van der Waals surface area (Å²) in [6.45, 7) is 3.80. The van der Waals surface area contributed by atoms with E-state index in [1.165, 1.54) is 12.8 Å². The summed E-state index contributed by atoms with van der Waals surface area (Å²) in [5.41, 5.74) is 0.744. The summed E-state index contributed by atoms with van der Waals surface area (Å²) in [7, 11) is -3.14. The Morgan fingerprint density at radius 1 is 1.35 bits per heavy atom. The van der Waals surface area contributed by atoms with Crippen LogP contribution in [0, 0.1) is 5.92 Å². The Morgan fingerprint density at radius 2 is 2.00 bits per heavy atom. The lowest BCUT2D eigenvalue weighted by Gasteiger charge is -2.17. The fourth-order valence-electron chi connectivity index (χ4n) is 1.97. The second kappa shape index (κ2) is 4.69. The number of para-hydroxylation sites is 1. The molecule has 1 aliphatic rings. The van der Waals surface area contributed by atoms with Crippen LogP contribution in [0.4, 0.5) is 5.69 Å². The van der Waals surface area contributed by atoms with Crippen molar-refractivity contribution in [3.63, 3.8) is 0 Å². The molecule has 1 fully saturated rings. The molecule has 0 aromatic heterocycles. The van der Waals surface area contributed by atoms with Crippen LogP contribution in [0.3, 0.4) is 0 Å². The minimum absolute atomic E-state index is 0.142. The molecule has 0 bridgehead atoms. The van der Waals surface area contributed by atoms with Gasteiger partial charge in [-0.05, 0) is 37.8 Å². The Balaban J connectivity index is 2.27. The first-order valence-electron chi connectivity index (χ1n) is 6.13. The maximum Gasteiger partial charge on any atom is 0.180 e. The smallest absolute Gasteiger partial charge is 0.180 e. The number of sulfone groups is 1. The van der Waals surface area contributed by atoms with Crippen LogP contribution < -0.4 is 5.32 Å². The van der Waals surface area contributed by atoms with Crippen LogP contribution in [-0.4, -0.2) is 20.2 Å². The highest BCUT2D eigenvalue weighted by Gasteiger charge is 2.28. The van der Waals surface area contributed by atoms with Crippen molar-refractivity contribution in [2.45, 2.75) is 37.6 Å². The van der Waals surface area contributed by atoms with Gasteiger partial charge in [-0.25, -0.2) is 8.42 Å². The van der Waals surface area contributed by atoms with Crippen molar-refractivity contribution in [3.05, 3.63) is 24.3 Å². The highest BCUT2D eigenvalue weighted by Crippen LogP contribution is 2.35. The van der Waals surface area contributed by atoms with Gasteiger partial charge < -0.3 is 5.32 Å². The zero-order valence-corrected chi connectivity index (χ0v) is 11.1. The van der Waals surface area contributed by atoms with Crippen LogP contribution in [0.25, 0.3) is 0 Å².